The fourth-order valence-electron chi connectivity index (χ4n) is 5.06. The molecular formula is C43H47ClN4O4. The largest absolute Gasteiger partial charge is 0.444 e. The standard InChI is InChI=1S/C21H22N2O2.C13H19NO2.C9H6ClN/c1-21(2,3)25-20(24)23-14-15-7-6-9-17(13-15)19-18-10-5-4-8-16(18)11-12-22-19;1-10-6-5-7-11(8-10)9-14-12(15)16-13(2,3)4;10-9-8-4-2-1-3-7(8)5-6-11-9/h4-13H,14H2,1-3H3,(H,23,24);5-8H,9H2,1-4H3,(H,14,15);1-6H. The van der Waals surface area contributed by atoms with E-state index in [0.29, 0.717) is 18.2 Å². The van der Waals surface area contributed by atoms with E-state index in [1.807, 2.05) is 152 Å². The number of aryl methyl sites for hydroxylation is 1. The molecule has 0 atom stereocenters. The molecule has 0 radical (unpaired) electrons. The summed E-state index contributed by atoms with van der Waals surface area (Å²) in [5.41, 5.74) is 4.28. The number of aromatic nitrogens is 2. The number of hydrogen-bond donors (Lipinski definition) is 2. The molecule has 9 heteroatoms. The van der Waals surface area contributed by atoms with Crippen molar-refractivity contribution in [2.75, 3.05) is 0 Å². The molecule has 4 aromatic carbocycles. The van der Waals surface area contributed by atoms with Crippen LogP contribution in [0.4, 0.5) is 9.59 Å². The number of carbonyl (C=O) groups is 2. The average molecular weight is 719 g/mol. The van der Waals surface area contributed by atoms with Gasteiger partial charge in [-0.2, -0.15) is 0 Å². The molecule has 8 nitrogen and oxygen atoms in total. The Labute approximate surface area is 311 Å². The van der Waals surface area contributed by atoms with Crippen molar-refractivity contribution in [2.24, 2.45) is 0 Å². The van der Waals surface area contributed by atoms with E-state index >= 15 is 0 Å². The van der Waals surface area contributed by atoms with Crippen molar-refractivity contribution in [3.63, 3.8) is 0 Å². The lowest BCUT2D eigenvalue weighted by Gasteiger charge is -2.19. The fraction of sp³-hybridized carbons (Fsp3) is 0.256. The van der Waals surface area contributed by atoms with Gasteiger partial charge in [0.05, 0.1) is 5.69 Å². The maximum atomic E-state index is 11.8. The number of nitrogens with zero attached hydrogens (tertiary/aromatic N) is 2. The van der Waals surface area contributed by atoms with Gasteiger partial charge in [-0.3, -0.25) is 4.98 Å². The molecule has 6 aromatic rings. The Morgan fingerprint density at radius 2 is 1.12 bits per heavy atom. The van der Waals surface area contributed by atoms with E-state index in [9.17, 15) is 9.59 Å². The zero-order valence-electron chi connectivity index (χ0n) is 30.9. The molecule has 0 spiro atoms. The van der Waals surface area contributed by atoms with Crippen LogP contribution in [0.25, 0.3) is 32.8 Å². The molecule has 0 aliphatic carbocycles. The van der Waals surface area contributed by atoms with Crippen LogP contribution in [0.5, 0.6) is 0 Å². The Bertz CT molecular complexity index is 2090. The van der Waals surface area contributed by atoms with Crippen LogP contribution in [0, 0.1) is 6.92 Å². The van der Waals surface area contributed by atoms with Crippen molar-refractivity contribution in [1.29, 1.82) is 0 Å². The highest BCUT2D eigenvalue weighted by molar-refractivity contribution is 6.34. The number of pyridine rings is 2. The Balaban J connectivity index is 0.000000191. The number of rotatable bonds is 5. The third kappa shape index (κ3) is 13.0. The molecule has 0 unspecified atom stereocenters. The summed E-state index contributed by atoms with van der Waals surface area (Å²) in [6.45, 7) is 14.0. The van der Waals surface area contributed by atoms with Crippen LogP contribution in [-0.4, -0.2) is 33.4 Å². The minimum absolute atomic E-state index is 0.381. The molecule has 2 heterocycles. The molecule has 0 fully saturated rings. The molecule has 6 rings (SSSR count). The molecule has 0 saturated heterocycles. The van der Waals surface area contributed by atoms with E-state index in [0.717, 1.165) is 43.9 Å². The number of amides is 2. The lowest BCUT2D eigenvalue weighted by Crippen LogP contribution is -2.32. The van der Waals surface area contributed by atoms with Gasteiger partial charge >= 0.3 is 12.2 Å². The van der Waals surface area contributed by atoms with Gasteiger partial charge in [-0.05, 0) is 88.6 Å². The van der Waals surface area contributed by atoms with Crippen LogP contribution in [-0.2, 0) is 22.6 Å². The SMILES string of the molecule is CC(C)(C)OC(=O)NCc1cccc(-c2nccc3ccccc23)c1.Cc1cccc(CNC(=O)OC(C)(C)C)c1.Clc1nccc2ccccc12. The van der Waals surface area contributed by atoms with Crippen LogP contribution >= 0.6 is 11.6 Å². The van der Waals surface area contributed by atoms with Crippen LogP contribution < -0.4 is 10.6 Å². The Kier molecular flexibility index (Phi) is 13.7. The molecule has 0 aliphatic heterocycles. The van der Waals surface area contributed by atoms with Crippen LogP contribution in [0.3, 0.4) is 0 Å². The number of alkyl carbamates (subject to hydrolysis) is 2. The Hall–Kier alpha value is -5.47. The number of carbonyl (C=O) groups excluding carboxylic acids is 2. The lowest BCUT2D eigenvalue weighted by molar-refractivity contribution is 0.0512. The first kappa shape index (κ1) is 39.3. The lowest BCUT2D eigenvalue weighted by atomic mass is 10.0. The molecule has 270 valence electrons. The topological polar surface area (TPSA) is 102 Å². The molecule has 2 aromatic heterocycles. The van der Waals surface area contributed by atoms with Gasteiger partial charge in [-0.1, -0.05) is 108 Å². The zero-order chi connectivity index (χ0) is 37.7. The van der Waals surface area contributed by atoms with Crippen molar-refractivity contribution in [3.05, 3.63) is 143 Å². The molecule has 2 amide bonds. The number of hydrogen-bond acceptors (Lipinski definition) is 6. The second-order valence-electron chi connectivity index (χ2n) is 14.1. The Morgan fingerprint density at radius 1 is 0.615 bits per heavy atom. The second-order valence-corrected chi connectivity index (χ2v) is 14.5. The van der Waals surface area contributed by atoms with Gasteiger partial charge in [0.25, 0.3) is 0 Å². The third-order valence-electron chi connectivity index (χ3n) is 7.25. The summed E-state index contributed by atoms with van der Waals surface area (Å²) in [7, 11) is 0. The Morgan fingerprint density at radius 3 is 1.67 bits per heavy atom. The number of ether oxygens (including phenoxy) is 2. The molecule has 52 heavy (non-hydrogen) atoms. The van der Waals surface area contributed by atoms with Crippen molar-refractivity contribution in [2.45, 2.75) is 72.8 Å². The predicted octanol–water partition coefficient (Wildman–Crippen LogP) is 10.8. The summed E-state index contributed by atoms with van der Waals surface area (Å²) in [6.07, 6.45) is 2.74. The summed E-state index contributed by atoms with van der Waals surface area (Å²) < 4.78 is 10.4. The van der Waals surface area contributed by atoms with Gasteiger partial charge in [0.2, 0.25) is 0 Å². The smallest absolute Gasteiger partial charge is 0.407 e. The number of halogens is 1. The maximum Gasteiger partial charge on any atom is 0.407 e. The first-order valence-electron chi connectivity index (χ1n) is 17.1. The van der Waals surface area contributed by atoms with E-state index in [-0.39, 0.29) is 6.09 Å². The minimum atomic E-state index is -0.501. The number of benzene rings is 4. The van der Waals surface area contributed by atoms with E-state index in [1.54, 1.807) is 6.20 Å². The molecule has 0 bridgehead atoms. The normalized spacial score (nSPS) is 11.0. The van der Waals surface area contributed by atoms with Gasteiger partial charge in [0, 0.05) is 41.8 Å². The van der Waals surface area contributed by atoms with Crippen molar-refractivity contribution < 1.29 is 19.1 Å². The van der Waals surface area contributed by atoms with Gasteiger partial charge in [-0.25, -0.2) is 14.6 Å². The summed E-state index contributed by atoms with van der Waals surface area (Å²) >= 11 is 5.85. The quantitative estimate of drug-likeness (QED) is 0.172. The van der Waals surface area contributed by atoms with Gasteiger partial charge in [0.1, 0.15) is 16.4 Å². The first-order chi connectivity index (χ1) is 24.7. The molecule has 0 aliphatic rings. The first-order valence-corrected chi connectivity index (χ1v) is 17.5. The highest BCUT2D eigenvalue weighted by atomic mass is 35.5. The second kappa shape index (κ2) is 18.1. The minimum Gasteiger partial charge on any atom is -0.444 e. The van der Waals surface area contributed by atoms with Crippen molar-refractivity contribution >= 4 is 45.3 Å². The number of fused-ring (bicyclic) bond motifs is 2. The predicted molar refractivity (Wildman–Crippen MR) is 211 cm³/mol. The van der Waals surface area contributed by atoms with E-state index < -0.39 is 17.3 Å². The average Bonchev–Trinajstić information content (AvgIpc) is 3.09. The van der Waals surface area contributed by atoms with Crippen molar-refractivity contribution in [1.82, 2.24) is 20.6 Å². The molecule has 2 N–H and O–H groups in total. The van der Waals surface area contributed by atoms with Crippen LogP contribution in [0.15, 0.2) is 122 Å². The zero-order valence-corrected chi connectivity index (χ0v) is 31.6. The van der Waals surface area contributed by atoms with E-state index in [2.05, 4.69) is 32.7 Å². The summed E-state index contributed by atoms with van der Waals surface area (Å²) in [5.74, 6) is 0. The van der Waals surface area contributed by atoms with Gasteiger partial charge in [-0.15, -0.1) is 0 Å². The highest BCUT2D eigenvalue weighted by Crippen LogP contribution is 2.27. The van der Waals surface area contributed by atoms with Gasteiger partial charge < -0.3 is 20.1 Å². The molecule has 0 saturated carbocycles. The van der Waals surface area contributed by atoms with Gasteiger partial charge in [0.15, 0.2) is 0 Å². The summed E-state index contributed by atoms with van der Waals surface area (Å²) in [5, 5.41) is 10.5. The number of nitrogens with one attached hydrogen (secondary N) is 2. The fourth-order valence-corrected chi connectivity index (χ4v) is 5.29. The van der Waals surface area contributed by atoms with E-state index in [1.165, 1.54) is 5.56 Å². The summed E-state index contributed by atoms with van der Waals surface area (Å²) in [6, 6.07) is 36.1. The summed E-state index contributed by atoms with van der Waals surface area (Å²) in [4.78, 5) is 31.7. The maximum absolute atomic E-state index is 11.8. The van der Waals surface area contributed by atoms with Crippen LogP contribution in [0.2, 0.25) is 5.15 Å². The third-order valence-corrected chi connectivity index (χ3v) is 7.55. The van der Waals surface area contributed by atoms with Crippen LogP contribution in [0.1, 0.15) is 58.2 Å². The van der Waals surface area contributed by atoms with E-state index in [4.69, 9.17) is 21.1 Å². The van der Waals surface area contributed by atoms with Crippen molar-refractivity contribution in [3.8, 4) is 11.3 Å². The molecular weight excluding hydrogens is 672 g/mol. The monoisotopic (exact) mass is 718 g/mol. The highest BCUT2D eigenvalue weighted by Gasteiger charge is 2.16.